The summed E-state index contributed by atoms with van der Waals surface area (Å²) >= 11 is 0. The fourth-order valence-corrected chi connectivity index (χ4v) is 3.95. The molecule has 2 saturated heterocycles. The Balaban J connectivity index is 1.46. The molecule has 1 unspecified atom stereocenters. The number of benzene rings is 1. The number of nitrogens with zero attached hydrogens (tertiary/aromatic N) is 3. The number of carbonyl (C=O) groups excluding carboxylic acids is 3. The number of carbonyl (C=O) groups is 3. The van der Waals surface area contributed by atoms with Crippen molar-refractivity contribution < 1.29 is 29.0 Å². The molecule has 2 N–H and O–H groups in total. The van der Waals surface area contributed by atoms with E-state index in [0.29, 0.717) is 44.2 Å². The normalized spacial score (nSPS) is 23.1. The molecule has 156 valence electrons. The minimum Gasteiger partial charge on any atom is -0.489 e. The van der Waals surface area contributed by atoms with Crippen molar-refractivity contribution in [3.8, 4) is 5.75 Å². The predicted molar refractivity (Wildman–Crippen MR) is 103 cm³/mol. The molecule has 0 aromatic heterocycles. The molecule has 0 radical (unpaired) electrons. The summed E-state index contributed by atoms with van der Waals surface area (Å²) in [7, 11) is 0. The quantitative estimate of drug-likeness (QED) is 0.699. The van der Waals surface area contributed by atoms with Gasteiger partial charge in [-0.05, 0) is 12.1 Å². The molecule has 10 nitrogen and oxygen atoms in total. The summed E-state index contributed by atoms with van der Waals surface area (Å²) in [6.07, 6.45) is -0.852. The molecule has 0 aliphatic carbocycles. The van der Waals surface area contributed by atoms with Gasteiger partial charge in [-0.2, -0.15) is 0 Å². The topological polar surface area (TPSA) is 112 Å². The molecule has 4 rings (SSSR count). The predicted octanol–water partition coefficient (Wildman–Crippen LogP) is -0.450. The smallest absolute Gasteiger partial charge is 0.414 e. The highest BCUT2D eigenvalue weighted by Gasteiger charge is 2.36. The van der Waals surface area contributed by atoms with E-state index >= 15 is 0 Å². The molecule has 3 heterocycles. The van der Waals surface area contributed by atoms with Crippen molar-refractivity contribution in [2.24, 2.45) is 0 Å². The van der Waals surface area contributed by atoms with Gasteiger partial charge in [-0.1, -0.05) is 0 Å². The van der Waals surface area contributed by atoms with Crippen LogP contribution in [0.4, 0.5) is 16.2 Å². The van der Waals surface area contributed by atoms with Crippen LogP contribution >= 0.6 is 0 Å². The number of amides is 3. The standard InChI is InChI=1S/C19H24N4O6/c1-12(25)20-7-15-9-23(19(27)29-15)13-2-3-16-17(6-13)28-11-14-8-21(18(26)10-24)4-5-22(14)16/h2-3,6,14-15,24H,4-5,7-11H2,1H3,(H,20,25)/t14?,15-/m0/s1. The lowest BCUT2D eigenvalue weighted by Crippen LogP contribution is -2.58. The maximum Gasteiger partial charge on any atom is 0.414 e. The Morgan fingerprint density at radius 1 is 1.28 bits per heavy atom. The summed E-state index contributed by atoms with van der Waals surface area (Å²) in [6.45, 7) is 3.67. The van der Waals surface area contributed by atoms with Crippen molar-refractivity contribution in [3.63, 3.8) is 0 Å². The number of hydrogen-bond acceptors (Lipinski definition) is 7. The lowest BCUT2D eigenvalue weighted by molar-refractivity contribution is -0.135. The molecule has 0 saturated carbocycles. The molecule has 3 amide bonds. The molecule has 3 aliphatic heterocycles. The van der Waals surface area contributed by atoms with E-state index in [-0.39, 0.29) is 24.4 Å². The van der Waals surface area contributed by atoms with Crippen molar-refractivity contribution in [1.29, 1.82) is 0 Å². The number of aliphatic hydroxyl groups is 1. The summed E-state index contributed by atoms with van der Waals surface area (Å²) in [6, 6.07) is 5.60. The maximum absolute atomic E-state index is 12.2. The Morgan fingerprint density at radius 2 is 2.10 bits per heavy atom. The van der Waals surface area contributed by atoms with Crippen molar-refractivity contribution >= 4 is 29.3 Å². The number of ether oxygens (including phenoxy) is 2. The van der Waals surface area contributed by atoms with Crippen LogP contribution < -0.4 is 19.9 Å². The summed E-state index contributed by atoms with van der Waals surface area (Å²) < 4.78 is 11.2. The van der Waals surface area contributed by atoms with Gasteiger partial charge in [0.2, 0.25) is 11.8 Å². The summed E-state index contributed by atoms with van der Waals surface area (Å²) in [5.41, 5.74) is 1.59. The SMILES string of the molecule is CC(=O)NC[C@H]1CN(c2ccc3c(c2)OCC2CN(C(=O)CO)CCN32)C(=O)O1. The minimum atomic E-state index is -0.484. The molecular formula is C19H24N4O6. The van der Waals surface area contributed by atoms with Gasteiger partial charge >= 0.3 is 6.09 Å². The maximum atomic E-state index is 12.2. The highest BCUT2D eigenvalue weighted by Crippen LogP contribution is 2.38. The fraction of sp³-hybridized carbons (Fsp3) is 0.526. The third-order valence-electron chi connectivity index (χ3n) is 5.42. The number of rotatable bonds is 4. The Bertz CT molecular complexity index is 831. The van der Waals surface area contributed by atoms with Crippen molar-refractivity contribution in [2.45, 2.75) is 19.1 Å². The van der Waals surface area contributed by atoms with E-state index in [2.05, 4.69) is 10.2 Å². The van der Waals surface area contributed by atoms with Crippen LogP contribution in [-0.2, 0) is 14.3 Å². The van der Waals surface area contributed by atoms with Gasteiger partial charge in [-0.3, -0.25) is 14.5 Å². The highest BCUT2D eigenvalue weighted by molar-refractivity contribution is 5.91. The second kappa shape index (κ2) is 7.78. The molecule has 1 aromatic rings. The lowest BCUT2D eigenvalue weighted by atomic mass is 10.1. The number of piperazine rings is 1. The zero-order valence-corrected chi connectivity index (χ0v) is 16.2. The second-order valence-electron chi connectivity index (χ2n) is 7.36. The van der Waals surface area contributed by atoms with Crippen molar-refractivity contribution in [3.05, 3.63) is 18.2 Å². The molecule has 0 bridgehead atoms. The molecular weight excluding hydrogens is 380 g/mol. The van der Waals surface area contributed by atoms with Gasteiger partial charge in [0.1, 0.15) is 25.1 Å². The van der Waals surface area contributed by atoms with Crippen LogP contribution in [0.1, 0.15) is 6.92 Å². The van der Waals surface area contributed by atoms with E-state index in [1.807, 2.05) is 18.2 Å². The second-order valence-corrected chi connectivity index (χ2v) is 7.36. The van der Waals surface area contributed by atoms with Crippen LogP contribution in [0.5, 0.6) is 5.75 Å². The number of nitrogens with one attached hydrogen (secondary N) is 1. The molecule has 10 heteroatoms. The van der Waals surface area contributed by atoms with Crippen LogP contribution in [0.15, 0.2) is 18.2 Å². The van der Waals surface area contributed by atoms with Crippen molar-refractivity contribution in [1.82, 2.24) is 10.2 Å². The van der Waals surface area contributed by atoms with Crippen LogP contribution in [0, 0.1) is 0 Å². The Hall–Kier alpha value is -3.01. The van der Waals surface area contributed by atoms with E-state index in [1.165, 1.54) is 11.8 Å². The van der Waals surface area contributed by atoms with Gasteiger partial charge in [0.05, 0.1) is 30.5 Å². The summed E-state index contributed by atoms with van der Waals surface area (Å²) in [5.74, 6) is 0.239. The summed E-state index contributed by atoms with van der Waals surface area (Å²) in [4.78, 5) is 40.4. The molecule has 2 atom stereocenters. The Kier molecular flexibility index (Phi) is 5.18. The Labute approximate surface area is 167 Å². The van der Waals surface area contributed by atoms with E-state index in [4.69, 9.17) is 14.6 Å². The molecule has 29 heavy (non-hydrogen) atoms. The first kappa shape index (κ1) is 19.3. The minimum absolute atomic E-state index is 0.0244. The third-order valence-corrected chi connectivity index (χ3v) is 5.42. The fourth-order valence-electron chi connectivity index (χ4n) is 3.95. The van der Waals surface area contributed by atoms with Gasteiger partial charge in [0.15, 0.2) is 0 Å². The Morgan fingerprint density at radius 3 is 2.86 bits per heavy atom. The number of cyclic esters (lactones) is 1. The number of hydrogen-bond donors (Lipinski definition) is 2. The molecule has 3 aliphatic rings. The summed E-state index contributed by atoms with van der Waals surface area (Å²) in [5, 5.41) is 11.7. The zero-order valence-electron chi connectivity index (χ0n) is 16.2. The van der Waals surface area contributed by atoms with Crippen LogP contribution in [0.3, 0.4) is 0 Å². The van der Waals surface area contributed by atoms with E-state index in [9.17, 15) is 14.4 Å². The average molecular weight is 404 g/mol. The first-order valence-electron chi connectivity index (χ1n) is 9.61. The van der Waals surface area contributed by atoms with Gasteiger partial charge in [-0.15, -0.1) is 0 Å². The van der Waals surface area contributed by atoms with Gasteiger partial charge in [0.25, 0.3) is 0 Å². The first-order valence-corrected chi connectivity index (χ1v) is 9.61. The molecule has 1 aromatic carbocycles. The van der Waals surface area contributed by atoms with Gasteiger partial charge in [-0.25, -0.2) is 4.79 Å². The highest BCUT2D eigenvalue weighted by atomic mass is 16.6. The van der Waals surface area contributed by atoms with Crippen molar-refractivity contribution in [2.75, 3.05) is 55.7 Å². The lowest BCUT2D eigenvalue weighted by Gasteiger charge is -2.45. The van der Waals surface area contributed by atoms with Crippen LogP contribution in [-0.4, -0.2) is 86.0 Å². The zero-order chi connectivity index (χ0) is 20.5. The monoisotopic (exact) mass is 404 g/mol. The average Bonchev–Trinajstić information content (AvgIpc) is 3.11. The first-order chi connectivity index (χ1) is 14.0. The number of aliphatic hydroxyl groups excluding tert-OH is 1. The molecule has 0 spiro atoms. The van der Waals surface area contributed by atoms with Crippen LogP contribution in [0.25, 0.3) is 0 Å². The number of fused-ring (bicyclic) bond motifs is 3. The third kappa shape index (κ3) is 3.80. The molecule has 2 fully saturated rings. The number of anilines is 2. The van der Waals surface area contributed by atoms with E-state index in [0.717, 1.165) is 5.69 Å². The van der Waals surface area contributed by atoms with E-state index in [1.54, 1.807) is 4.90 Å². The largest absolute Gasteiger partial charge is 0.489 e. The van der Waals surface area contributed by atoms with Gasteiger partial charge in [0, 0.05) is 32.6 Å². The van der Waals surface area contributed by atoms with E-state index < -0.39 is 18.8 Å². The van der Waals surface area contributed by atoms with Crippen LogP contribution in [0.2, 0.25) is 0 Å². The van der Waals surface area contributed by atoms with Gasteiger partial charge < -0.3 is 29.7 Å².